The lowest BCUT2D eigenvalue weighted by Gasteiger charge is -2.20. The molecule has 1 amide bonds. The number of nitrogens with one attached hydrogen (secondary N) is 2. The Morgan fingerprint density at radius 2 is 1.90 bits per heavy atom. The number of fused-ring (bicyclic) bond motifs is 1. The van der Waals surface area contributed by atoms with Gasteiger partial charge in [0, 0.05) is 40.6 Å². The van der Waals surface area contributed by atoms with Crippen molar-refractivity contribution in [1.29, 1.82) is 0 Å². The molecule has 1 aliphatic heterocycles. The standard InChI is InChI=1S/C24H27N5O2S.C2HF3O2/c25-24-29-21-18(8-10-20(21)32-24)23(31)28-16-5-3-14(4-6-16)12-17-7-9-19(27-17)22(30)15-2-1-11-26-13-15;3-2(4,5)1(6)7/h1-6,11,13,17-19,22,27,30H,7-10,12H2,(H2,25,29)(H,28,31);(H,6,7)/t17-,18?,19+,22+;/m0./s1. The number of benzene rings is 1. The number of aliphatic carboxylic acids is 1. The second-order valence-electron chi connectivity index (χ2n) is 9.42. The molecule has 1 saturated heterocycles. The van der Waals surface area contributed by atoms with Crippen molar-refractivity contribution >= 4 is 34.0 Å². The van der Waals surface area contributed by atoms with Gasteiger partial charge in [0.1, 0.15) is 0 Å². The zero-order valence-electron chi connectivity index (χ0n) is 20.7. The molecule has 1 fully saturated rings. The number of carbonyl (C=O) groups excluding carboxylic acids is 1. The summed E-state index contributed by atoms with van der Waals surface area (Å²) in [5.41, 5.74) is 9.48. The normalized spacial score (nSPS) is 21.0. The Labute approximate surface area is 226 Å². The van der Waals surface area contributed by atoms with Crippen LogP contribution in [0.25, 0.3) is 0 Å². The lowest BCUT2D eigenvalue weighted by atomic mass is 10.0. The number of amides is 1. The number of carbonyl (C=O) groups is 2. The van der Waals surface area contributed by atoms with E-state index in [0.29, 0.717) is 11.2 Å². The molecule has 208 valence electrons. The number of hydrogen-bond donors (Lipinski definition) is 5. The molecule has 3 heterocycles. The number of aliphatic hydroxyl groups excluding tert-OH is 1. The van der Waals surface area contributed by atoms with Gasteiger partial charge in [-0.2, -0.15) is 13.2 Å². The fourth-order valence-electron chi connectivity index (χ4n) is 4.78. The van der Waals surface area contributed by atoms with Crippen LogP contribution in [0.1, 0.15) is 53.0 Å². The van der Waals surface area contributed by atoms with Crippen molar-refractivity contribution in [3.05, 3.63) is 70.5 Å². The lowest BCUT2D eigenvalue weighted by Crippen LogP contribution is -2.35. The monoisotopic (exact) mass is 563 g/mol. The van der Waals surface area contributed by atoms with Crippen LogP contribution in [-0.4, -0.2) is 50.3 Å². The molecule has 9 nitrogen and oxygen atoms in total. The van der Waals surface area contributed by atoms with Gasteiger partial charge in [0.25, 0.3) is 0 Å². The summed E-state index contributed by atoms with van der Waals surface area (Å²) in [6, 6.07) is 12.1. The van der Waals surface area contributed by atoms with Gasteiger partial charge in [-0.05, 0) is 55.9 Å². The Hall–Kier alpha value is -3.55. The summed E-state index contributed by atoms with van der Waals surface area (Å²) >= 11 is 1.48. The highest BCUT2D eigenvalue weighted by Gasteiger charge is 2.38. The van der Waals surface area contributed by atoms with Crippen molar-refractivity contribution in [2.24, 2.45) is 0 Å². The predicted molar refractivity (Wildman–Crippen MR) is 139 cm³/mol. The van der Waals surface area contributed by atoms with Crippen LogP contribution in [0, 0.1) is 0 Å². The number of rotatable bonds is 6. The second-order valence-corrected chi connectivity index (χ2v) is 10.5. The number of alkyl halides is 3. The maximum atomic E-state index is 12.7. The molecule has 39 heavy (non-hydrogen) atoms. The molecular weight excluding hydrogens is 535 g/mol. The van der Waals surface area contributed by atoms with Gasteiger partial charge in [-0.25, -0.2) is 9.78 Å². The highest BCUT2D eigenvalue weighted by molar-refractivity contribution is 7.15. The van der Waals surface area contributed by atoms with E-state index in [1.807, 2.05) is 24.3 Å². The number of aromatic nitrogens is 2. The molecule has 6 N–H and O–H groups in total. The smallest absolute Gasteiger partial charge is 0.475 e. The van der Waals surface area contributed by atoms with Gasteiger partial charge >= 0.3 is 12.1 Å². The summed E-state index contributed by atoms with van der Waals surface area (Å²) in [5.74, 6) is -3.00. The summed E-state index contributed by atoms with van der Waals surface area (Å²) in [5, 5.41) is 24.9. The minimum absolute atomic E-state index is 0.0218. The van der Waals surface area contributed by atoms with Crippen molar-refractivity contribution in [2.45, 2.75) is 62.4 Å². The first-order chi connectivity index (χ1) is 18.5. The first-order valence-electron chi connectivity index (χ1n) is 12.3. The number of nitrogens with two attached hydrogens (primary N) is 1. The lowest BCUT2D eigenvalue weighted by molar-refractivity contribution is -0.192. The van der Waals surface area contributed by atoms with Crippen LogP contribution in [-0.2, 0) is 22.4 Å². The van der Waals surface area contributed by atoms with Crippen LogP contribution in [0.15, 0.2) is 48.8 Å². The molecule has 2 aliphatic rings. The van der Waals surface area contributed by atoms with Gasteiger partial charge in [-0.15, -0.1) is 11.3 Å². The van der Waals surface area contributed by atoms with E-state index in [-0.39, 0.29) is 17.9 Å². The summed E-state index contributed by atoms with van der Waals surface area (Å²) in [6.07, 6.45) is 2.30. The van der Waals surface area contributed by atoms with Gasteiger partial charge in [-0.3, -0.25) is 9.78 Å². The van der Waals surface area contributed by atoms with Crippen LogP contribution in [0.4, 0.5) is 24.0 Å². The van der Waals surface area contributed by atoms with Crippen molar-refractivity contribution in [3.63, 3.8) is 0 Å². The Morgan fingerprint density at radius 3 is 2.54 bits per heavy atom. The number of hydrogen-bond acceptors (Lipinski definition) is 8. The van der Waals surface area contributed by atoms with E-state index in [2.05, 4.69) is 32.7 Å². The maximum Gasteiger partial charge on any atom is 0.490 e. The Balaban J connectivity index is 0.000000448. The number of nitrogen functional groups attached to an aromatic ring is 1. The number of carboxylic acid groups (broad SMARTS) is 1. The zero-order valence-corrected chi connectivity index (χ0v) is 21.5. The molecular formula is C26H28F3N5O4S. The van der Waals surface area contributed by atoms with E-state index in [0.717, 1.165) is 53.9 Å². The van der Waals surface area contributed by atoms with Crippen molar-refractivity contribution < 1.29 is 33.0 Å². The number of carboxylic acids is 1. The van der Waals surface area contributed by atoms with Crippen LogP contribution in [0.5, 0.6) is 0 Å². The maximum absolute atomic E-state index is 12.7. The fraction of sp³-hybridized carbons (Fsp3) is 0.385. The fourth-order valence-corrected chi connectivity index (χ4v) is 5.69. The highest BCUT2D eigenvalue weighted by atomic mass is 32.1. The minimum atomic E-state index is -5.08. The number of nitrogens with zero attached hydrogens (tertiary/aromatic N) is 2. The SMILES string of the molecule is Nc1nc2c(s1)CCC2C(=O)Nc1ccc(C[C@@H]2CC[C@H]([C@H](O)c3cccnc3)N2)cc1.O=C(O)C(F)(F)F. The van der Waals surface area contributed by atoms with Crippen LogP contribution in [0.3, 0.4) is 0 Å². The Kier molecular flexibility index (Phi) is 8.83. The molecule has 0 saturated carbocycles. The topological polar surface area (TPSA) is 150 Å². The molecule has 13 heteroatoms. The molecule has 2 aromatic heterocycles. The van der Waals surface area contributed by atoms with E-state index >= 15 is 0 Å². The van der Waals surface area contributed by atoms with E-state index < -0.39 is 18.2 Å². The van der Waals surface area contributed by atoms with Gasteiger partial charge in [0.05, 0.1) is 17.7 Å². The molecule has 1 aliphatic carbocycles. The van der Waals surface area contributed by atoms with Crippen LogP contribution in [0.2, 0.25) is 0 Å². The van der Waals surface area contributed by atoms with Crippen LogP contribution >= 0.6 is 11.3 Å². The molecule has 0 bridgehead atoms. The van der Waals surface area contributed by atoms with Crippen molar-refractivity contribution in [2.75, 3.05) is 11.1 Å². The number of pyridine rings is 1. The molecule has 0 radical (unpaired) electrons. The molecule has 4 atom stereocenters. The third kappa shape index (κ3) is 7.31. The summed E-state index contributed by atoms with van der Waals surface area (Å²) < 4.78 is 31.7. The number of anilines is 2. The molecule has 1 unspecified atom stereocenters. The highest BCUT2D eigenvalue weighted by Crippen LogP contribution is 2.38. The number of halogens is 3. The summed E-state index contributed by atoms with van der Waals surface area (Å²) in [6.45, 7) is 0. The average molecular weight is 564 g/mol. The quantitative estimate of drug-likeness (QED) is 0.304. The Morgan fingerprint density at radius 1 is 1.18 bits per heavy atom. The summed E-state index contributed by atoms with van der Waals surface area (Å²) in [7, 11) is 0. The van der Waals surface area contributed by atoms with Gasteiger partial charge in [0.2, 0.25) is 5.91 Å². The largest absolute Gasteiger partial charge is 0.490 e. The minimum Gasteiger partial charge on any atom is -0.475 e. The summed E-state index contributed by atoms with van der Waals surface area (Å²) in [4.78, 5) is 31.2. The first-order valence-corrected chi connectivity index (χ1v) is 13.1. The average Bonchev–Trinajstić information content (AvgIpc) is 3.61. The second kappa shape index (κ2) is 12.1. The van der Waals surface area contributed by atoms with Crippen molar-refractivity contribution in [3.8, 4) is 0 Å². The van der Waals surface area contributed by atoms with E-state index in [4.69, 9.17) is 15.6 Å². The molecule has 0 spiro atoms. The van der Waals surface area contributed by atoms with E-state index in [1.54, 1.807) is 12.4 Å². The third-order valence-electron chi connectivity index (χ3n) is 6.68. The zero-order chi connectivity index (χ0) is 28.2. The number of aryl methyl sites for hydroxylation is 1. The first kappa shape index (κ1) is 28.5. The Bertz CT molecular complexity index is 1290. The number of thiazole rings is 1. The van der Waals surface area contributed by atoms with Gasteiger partial charge < -0.3 is 26.6 Å². The molecule has 3 aromatic rings. The van der Waals surface area contributed by atoms with E-state index in [1.165, 1.54) is 16.9 Å². The third-order valence-corrected chi connectivity index (χ3v) is 7.64. The van der Waals surface area contributed by atoms with Crippen molar-refractivity contribution in [1.82, 2.24) is 15.3 Å². The van der Waals surface area contributed by atoms with E-state index in [9.17, 15) is 23.1 Å². The molecule has 5 rings (SSSR count). The number of aliphatic hydroxyl groups is 1. The van der Waals surface area contributed by atoms with Crippen LogP contribution < -0.4 is 16.4 Å². The predicted octanol–water partition coefficient (Wildman–Crippen LogP) is 3.82. The van der Waals surface area contributed by atoms with Gasteiger partial charge in [0.15, 0.2) is 5.13 Å². The molecule has 1 aromatic carbocycles. The van der Waals surface area contributed by atoms with Gasteiger partial charge in [-0.1, -0.05) is 18.2 Å².